The van der Waals surface area contributed by atoms with E-state index in [4.69, 9.17) is 15.4 Å². The summed E-state index contributed by atoms with van der Waals surface area (Å²) in [4.78, 5) is -0.0205. The fourth-order valence-corrected chi connectivity index (χ4v) is 2.11. The predicted octanol–water partition coefficient (Wildman–Crippen LogP) is 0.825. The zero-order valence-electron chi connectivity index (χ0n) is 10.3. The number of aromatic nitrogens is 1. The maximum Gasteiger partial charge on any atom is 0.238 e. The van der Waals surface area contributed by atoms with Gasteiger partial charge in [0.25, 0.3) is 0 Å². The van der Waals surface area contributed by atoms with E-state index in [1.807, 2.05) is 0 Å². The summed E-state index contributed by atoms with van der Waals surface area (Å²) in [6.45, 7) is 2.22. The van der Waals surface area contributed by atoms with Crippen LogP contribution in [0.5, 0.6) is 0 Å². The second-order valence-electron chi connectivity index (χ2n) is 4.08. The molecule has 0 aliphatic heterocycles. The Labute approximate surface area is 110 Å². The SMILES string of the molecule is Cc1cc(CNc2ccc(S(N)(=O)=O)cc2N)no1. The maximum atomic E-state index is 11.2. The number of nitrogens with two attached hydrogens (primary N) is 2. The first kappa shape index (κ1) is 13.4. The van der Waals surface area contributed by atoms with Crippen LogP contribution in [0.1, 0.15) is 11.5 Å². The van der Waals surface area contributed by atoms with Crippen LogP contribution in [0.15, 0.2) is 33.7 Å². The van der Waals surface area contributed by atoms with Gasteiger partial charge in [-0.1, -0.05) is 5.16 Å². The molecule has 102 valence electrons. The number of hydrogen-bond donors (Lipinski definition) is 3. The Morgan fingerprint density at radius 2 is 2.11 bits per heavy atom. The largest absolute Gasteiger partial charge is 0.397 e. The normalized spacial score (nSPS) is 11.5. The first-order valence-electron chi connectivity index (χ1n) is 5.44. The van der Waals surface area contributed by atoms with Crippen LogP contribution in [0, 0.1) is 6.92 Å². The number of nitrogens with zero attached hydrogens (tertiary/aromatic N) is 1. The van der Waals surface area contributed by atoms with E-state index in [0.29, 0.717) is 23.7 Å². The fourth-order valence-electron chi connectivity index (χ4n) is 1.57. The average molecular weight is 282 g/mol. The van der Waals surface area contributed by atoms with Gasteiger partial charge in [0.2, 0.25) is 10.0 Å². The third-order valence-electron chi connectivity index (χ3n) is 2.49. The van der Waals surface area contributed by atoms with E-state index in [0.717, 1.165) is 5.69 Å². The summed E-state index contributed by atoms with van der Waals surface area (Å²) < 4.78 is 27.2. The molecule has 2 aromatic rings. The van der Waals surface area contributed by atoms with Crippen molar-refractivity contribution in [1.29, 1.82) is 0 Å². The predicted molar refractivity (Wildman–Crippen MR) is 70.8 cm³/mol. The maximum absolute atomic E-state index is 11.2. The molecule has 0 aliphatic rings. The van der Waals surface area contributed by atoms with Gasteiger partial charge in [0.15, 0.2) is 0 Å². The van der Waals surface area contributed by atoms with E-state index in [2.05, 4.69) is 10.5 Å². The molecule has 1 aromatic heterocycles. The highest BCUT2D eigenvalue weighted by Gasteiger charge is 2.10. The van der Waals surface area contributed by atoms with Crippen LogP contribution in [0.25, 0.3) is 0 Å². The number of nitrogen functional groups attached to an aromatic ring is 1. The van der Waals surface area contributed by atoms with Crippen LogP contribution < -0.4 is 16.2 Å². The Morgan fingerprint density at radius 1 is 1.37 bits per heavy atom. The summed E-state index contributed by atoms with van der Waals surface area (Å²) in [7, 11) is -3.74. The average Bonchev–Trinajstić information content (AvgIpc) is 2.72. The van der Waals surface area contributed by atoms with Gasteiger partial charge >= 0.3 is 0 Å². The molecule has 0 fully saturated rings. The summed E-state index contributed by atoms with van der Waals surface area (Å²) in [6, 6.07) is 6.05. The van der Waals surface area contributed by atoms with E-state index in [9.17, 15) is 8.42 Å². The molecule has 0 saturated heterocycles. The van der Waals surface area contributed by atoms with Gasteiger partial charge in [0, 0.05) is 6.07 Å². The number of rotatable bonds is 4. The van der Waals surface area contributed by atoms with Crippen molar-refractivity contribution in [1.82, 2.24) is 5.16 Å². The van der Waals surface area contributed by atoms with Gasteiger partial charge < -0.3 is 15.6 Å². The molecule has 0 spiro atoms. The molecule has 0 unspecified atom stereocenters. The van der Waals surface area contributed by atoms with E-state index < -0.39 is 10.0 Å². The van der Waals surface area contributed by atoms with Crippen LogP contribution in [-0.4, -0.2) is 13.6 Å². The van der Waals surface area contributed by atoms with Crippen molar-refractivity contribution in [2.24, 2.45) is 5.14 Å². The third-order valence-corrected chi connectivity index (χ3v) is 3.40. The quantitative estimate of drug-likeness (QED) is 0.713. The Morgan fingerprint density at radius 3 is 2.63 bits per heavy atom. The van der Waals surface area contributed by atoms with Gasteiger partial charge in [0.05, 0.1) is 22.8 Å². The molecule has 0 radical (unpaired) electrons. The number of primary sulfonamides is 1. The van der Waals surface area contributed by atoms with Gasteiger partial charge in [-0.25, -0.2) is 13.6 Å². The minimum absolute atomic E-state index is 0.0205. The molecule has 8 heteroatoms. The molecule has 19 heavy (non-hydrogen) atoms. The minimum Gasteiger partial charge on any atom is -0.397 e. The van der Waals surface area contributed by atoms with Crippen LogP contribution >= 0.6 is 0 Å². The second kappa shape index (κ2) is 4.90. The van der Waals surface area contributed by atoms with Crippen molar-refractivity contribution in [2.45, 2.75) is 18.4 Å². The highest BCUT2D eigenvalue weighted by molar-refractivity contribution is 7.89. The summed E-state index contributed by atoms with van der Waals surface area (Å²) in [6.07, 6.45) is 0. The van der Waals surface area contributed by atoms with E-state index in [1.165, 1.54) is 12.1 Å². The van der Waals surface area contributed by atoms with Crippen molar-refractivity contribution >= 4 is 21.4 Å². The van der Waals surface area contributed by atoms with Crippen molar-refractivity contribution in [3.8, 4) is 0 Å². The van der Waals surface area contributed by atoms with E-state index >= 15 is 0 Å². The van der Waals surface area contributed by atoms with Crippen molar-refractivity contribution < 1.29 is 12.9 Å². The van der Waals surface area contributed by atoms with Gasteiger partial charge in [-0.2, -0.15) is 0 Å². The van der Waals surface area contributed by atoms with Crippen molar-refractivity contribution in [2.75, 3.05) is 11.1 Å². The number of aryl methyl sites for hydroxylation is 1. The van der Waals surface area contributed by atoms with Crippen LogP contribution in [-0.2, 0) is 16.6 Å². The first-order chi connectivity index (χ1) is 8.86. The Bertz CT molecular complexity index is 694. The molecule has 5 N–H and O–H groups in total. The number of benzene rings is 1. The molecule has 1 aromatic carbocycles. The fraction of sp³-hybridized carbons (Fsp3) is 0.182. The lowest BCUT2D eigenvalue weighted by molar-refractivity contribution is 0.391. The lowest BCUT2D eigenvalue weighted by Gasteiger charge is -2.08. The zero-order chi connectivity index (χ0) is 14.0. The molecule has 0 bridgehead atoms. The Balaban J connectivity index is 2.14. The van der Waals surface area contributed by atoms with Crippen molar-refractivity contribution in [3.05, 3.63) is 35.7 Å². The molecular formula is C11H14N4O3S. The van der Waals surface area contributed by atoms with Gasteiger partial charge in [-0.05, 0) is 25.1 Å². The smallest absolute Gasteiger partial charge is 0.238 e. The second-order valence-corrected chi connectivity index (χ2v) is 5.64. The molecule has 7 nitrogen and oxygen atoms in total. The molecule has 0 atom stereocenters. The monoisotopic (exact) mass is 282 g/mol. The van der Waals surface area contributed by atoms with Crippen LogP contribution in [0.3, 0.4) is 0 Å². The summed E-state index contributed by atoms with van der Waals surface area (Å²) in [5, 5.41) is 11.9. The molecule has 0 saturated carbocycles. The van der Waals surface area contributed by atoms with Gasteiger partial charge in [0.1, 0.15) is 11.5 Å². The molecule has 1 heterocycles. The number of sulfonamides is 1. The molecule has 0 amide bonds. The number of anilines is 2. The van der Waals surface area contributed by atoms with Crippen molar-refractivity contribution in [3.63, 3.8) is 0 Å². The van der Waals surface area contributed by atoms with E-state index in [-0.39, 0.29) is 4.90 Å². The highest BCUT2D eigenvalue weighted by atomic mass is 32.2. The van der Waals surface area contributed by atoms with Crippen LogP contribution in [0.4, 0.5) is 11.4 Å². The number of nitrogens with one attached hydrogen (secondary N) is 1. The van der Waals surface area contributed by atoms with Gasteiger partial charge in [-0.15, -0.1) is 0 Å². The Hall–Kier alpha value is -2.06. The van der Waals surface area contributed by atoms with E-state index in [1.54, 1.807) is 19.1 Å². The summed E-state index contributed by atoms with van der Waals surface area (Å²) in [5.41, 5.74) is 7.39. The molecular weight excluding hydrogens is 268 g/mol. The van der Waals surface area contributed by atoms with Gasteiger partial charge in [-0.3, -0.25) is 0 Å². The summed E-state index contributed by atoms with van der Waals surface area (Å²) in [5.74, 6) is 0.717. The minimum atomic E-state index is -3.74. The Kier molecular flexibility index (Phi) is 3.45. The number of hydrogen-bond acceptors (Lipinski definition) is 6. The molecule has 0 aliphatic carbocycles. The topological polar surface area (TPSA) is 124 Å². The first-order valence-corrected chi connectivity index (χ1v) is 6.99. The molecule has 2 rings (SSSR count). The third kappa shape index (κ3) is 3.24. The lowest BCUT2D eigenvalue weighted by atomic mass is 10.2. The van der Waals surface area contributed by atoms with Crippen LogP contribution in [0.2, 0.25) is 0 Å². The standard InChI is InChI=1S/C11H14N4O3S/c1-7-4-8(15-18-7)6-14-11-3-2-9(5-10(11)12)19(13,16)17/h2-5,14H,6,12H2,1H3,(H2,13,16,17). The summed E-state index contributed by atoms with van der Waals surface area (Å²) >= 11 is 0. The highest BCUT2D eigenvalue weighted by Crippen LogP contribution is 2.22. The lowest BCUT2D eigenvalue weighted by Crippen LogP contribution is -2.13. The zero-order valence-corrected chi connectivity index (χ0v) is 11.1.